The number of hydrogen-bond donors (Lipinski definition) is 1. The van der Waals surface area contributed by atoms with E-state index in [1.54, 1.807) is 0 Å². The highest BCUT2D eigenvalue weighted by Gasteiger charge is 2.16. The molecular weight excluding hydrogens is 106 g/mol. The van der Waals surface area contributed by atoms with Crippen molar-refractivity contribution < 1.29 is 9.47 Å². The molecule has 0 aliphatic carbocycles. The van der Waals surface area contributed by atoms with Gasteiger partial charge in [0.05, 0.1) is 6.04 Å². The van der Waals surface area contributed by atoms with E-state index in [1.165, 1.54) is 12.5 Å². The summed E-state index contributed by atoms with van der Waals surface area (Å²) in [5.41, 5.74) is 5.41. The molecule has 0 amide bonds. The van der Waals surface area contributed by atoms with Gasteiger partial charge in [-0.15, -0.1) is 0 Å². The van der Waals surface area contributed by atoms with Gasteiger partial charge in [0, 0.05) is 0 Å². The second-order valence-corrected chi connectivity index (χ2v) is 1.77. The Balaban J connectivity index is 2.29. The fourth-order valence-corrected chi connectivity index (χ4v) is 0.499. The van der Waals surface area contributed by atoms with E-state index < -0.39 is 0 Å². The molecule has 1 aliphatic rings. The molecule has 0 bridgehead atoms. The van der Waals surface area contributed by atoms with Gasteiger partial charge in [0.2, 0.25) is 0 Å². The fourth-order valence-electron chi connectivity index (χ4n) is 0.499. The SMILES string of the molecule is C[C@H](N)C1OC=CO1. The lowest BCUT2D eigenvalue weighted by molar-refractivity contribution is -0.0366. The molecule has 1 aliphatic heterocycles. The van der Waals surface area contributed by atoms with Crippen molar-refractivity contribution in [3.8, 4) is 0 Å². The Labute approximate surface area is 48.1 Å². The van der Waals surface area contributed by atoms with Gasteiger partial charge in [-0.2, -0.15) is 0 Å². The molecule has 1 atom stereocenters. The molecule has 8 heavy (non-hydrogen) atoms. The largest absolute Gasteiger partial charge is 0.458 e. The van der Waals surface area contributed by atoms with E-state index in [2.05, 4.69) is 0 Å². The zero-order valence-corrected chi connectivity index (χ0v) is 4.70. The molecule has 3 nitrogen and oxygen atoms in total. The van der Waals surface area contributed by atoms with Crippen molar-refractivity contribution in [1.82, 2.24) is 0 Å². The molecule has 2 N–H and O–H groups in total. The van der Waals surface area contributed by atoms with Crippen molar-refractivity contribution in [2.75, 3.05) is 0 Å². The molecule has 0 aromatic rings. The number of nitrogens with two attached hydrogens (primary N) is 1. The minimum atomic E-state index is -0.269. The minimum absolute atomic E-state index is 0.0648. The van der Waals surface area contributed by atoms with Crippen molar-refractivity contribution in [1.29, 1.82) is 0 Å². The van der Waals surface area contributed by atoms with Crippen LogP contribution in [0.4, 0.5) is 0 Å². The Bertz CT molecular complexity index is 92.6. The number of hydrogen-bond acceptors (Lipinski definition) is 3. The van der Waals surface area contributed by atoms with Gasteiger partial charge in [-0.3, -0.25) is 0 Å². The zero-order chi connectivity index (χ0) is 5.98. The van der Waals surface area contributed by atoms with Gasteiger partial charge in [-0.1, -0.05) is 0 Å². The van der Waals surface area contributed by atoms with Crippen molar-refractivity contribution in [3.63, 3.8) is 0 Å². The van der Waals surface area contributed by atoms with Crippen LogP contribution < -0.4 is 5.73 Å². The first-order valence-electron chi connectivity index (χ1n) is 2.52. The lowest BCUT2D eigenvalue weighted by Gasteiger charge is -2.12. The van der Waals surface area contributed by atoms with E-state index in [4.69, 9.17) is 15.2 Å². The quantitative estimate of drug-likeness (QED) is 0.530. The van der Waals surface area contributed by atoms with Gasteiger partial charge < -0.3 is 15.2 Å². The first-order chi connectivity index (χ1) is 3.80. The fraction of sp³-hybridized carbons (Fsp3) is 0.600. The second-order valence-electron chi connectivity index (χ2n) is 1.77. The predicted octanol–water partition coefficient (Wildman–Crippen LogP) is 0.178. The van der Waals surface area contributed by atoms with Crippen LogP contribution in [0.5, 0.6) is 0 Å². The van der Waals surface area contributed by atoms with E-state index in [9.17, 15) is 0 Å². The third-order valence-corrected chi connectivity index (χ3v) is 0.910. The van der Waals surface area contributed by atoms with E-state index in [1.807, 2.05) is 6.92 Å². The van der Waals surface area contributed by atoms with Crippen molar-refractivity contribution in [2.45, 2.75) is 19.3 Å². The van der Waals surface area contributed by atoms with E-state index >= 15 is 0 Å². The minimum Gasteiger partial charge on any atom is -0.458 e. The molecule has 0 spiro atoms. The first-order valence-corrected chi connectivity index (χ1v) is 2.52. The zero-order valence-electron chi connectivity index (χ0n) is 4.70. The van der Waals surface area contributed by atoms with Gasteiger partial charge in [0.25, 0.3) is 6.29 Å². The molecule has 1 heterocycles. The standard InChI is InChI=1S/C5H9NO2/c1-4(6)5-7-2-3-8-5/h2-5H,6H2,1H3/t4-/m0/s1. The van der Waals surface area contributed by atoms with Crippen molar-refractivity contribution in [3.05, 3.63) is 12.5 Å². The lowest BCUT2D eigenvalue weighted by Crippen LogP contribution is -2.31. The average Bonchev–Trinajstić information content (AvgIpc) is 2.12. The monoisotopic (exact) mass is 115 g/mol. The predicted molar refractivity (Wildman–Crippen MR) is 28.7 cm³/mol. The molecule has 0 saturated heterocycles. The van der Waals surface area contributed by atoms with Crippen LogP contribution in [0.3, 0.4) is 0 Å². The van der Waals surface area contributed by atoms with Crippen LogP contribution in [0.1, 0.15) is 6.92 Å². The molecule has 0 radical (unpaired) electrons. The van der Waals surface area contributed by atoms with E-state index in [-0.39, 0.29) is 12.3 Å². The maximum Gasteiger partial charge on any atom is 0.254 e. The third kappa shape index (κ3) is 0.924. The molecule has 3 heteroatoms. The molecule has 46 valence electrons. The molecule has 0 aromatic carbocycles. The van der Waals surface area contributed by atoms with Crippen LogP contribution in [0.15, 0.2) is 12.5 Å². The van der Waals surface area contributed by atoms with Crippen LogP contribution in [0.2, 0.25) is 0 Å². The maximum atomic E-state index is 5.41. The first kappa shape index (κ1) is 5.44. The summed E-state index contributed by atoms with van der Waals surface area (Å²) in [5.74, 6) is 0. The van der Waals surface area contributed by atoms with Gasteiger partial charge >= 0.3 is 0 Å². The average molecular weight is 115 g/mol. The highest BCUT2D eigenvalue weighted by Crippen LogP contribution is 2.06. The molecular formula is C5H9NO2. The van der Waals surface area contributed by atoms with Crippen LogP contribution >= 0.6 is 0 Å². The Morgan fingerprint density at radius 3 is 2.25 bits per heavy atom. The van der Waals surface area contributed by atoms with Crippen LogP contribution in [0, 0.1) is 0 Å². The summed E-state index contributed by atoms with van der Waals surface area (Å²) in [6, 6.07) is -0.0648. The highest BCUT2D eigenvalue weighted by molar-refractivity contribution is 4.75. The van der Waals surface area contributed by atoms with Crippen LogP contribution in [-0.2, 0) is 9.47 Å². The van der Waals surface area contributed by atoms with Gasteiger partial charge in [-0.25, -0.2) is 0 Å². The lowest BCUT2D eigenvalue weighted by atomic mass is 10.4. The highest BCUT2D eigenvalue weighted by atomic mass is 16.7. The van der Waals surface area contributed by atoms with E-state index in [0.717, 1.165) is 0 Å². The van der Waals surface area contributed by atoms with Crippen molar-refractivity contribution in [2.24, 2.45) is 5.73 Å². The van der Waals surface area contributed by atoms with E-state index in [0.29, 0.717) is 0 Å². The second kappa shape index (κ2) is 2.05. The van der Waals surface area contributed by atoms with Crippen LogP contribution in [0.25, 0.3) is 0 Å². The molecule has 0 saturated carbocycles. The normalized spacial score (nSPS) is 22.2. The summed E-state index contributed by atoms with van der Waals surface area (Å²) in [6.45, 7) is 1.83. The van der Waals surface area contributed by atoms with Gasteiger partial charge in [-0.05, 0) is 6.92 Å². The Kier molecular flexibility index (Phi) is 1.39. The summed E-state index contributed by atoms with van der Waals surface area (Å²) in [5, 5.41) is 0. The Morgan fingerprint density at radius 1 is 1.50 bits per heavy atom. The molecule has 0 aromatic heterocycles. The topological polar surface area (TPSA) is 44.5 Å². The maximum absolute atomic E-state index is 5.41. The van der Waals surface area contributed by atoms with Gasteiger partial charge in [0.1, 0.15) is 12.5 Å². The molecule has 1 rings (SSSR count). The third-order valence-electron chi connectivity index (χ3n) is 0.910. The summed E-state index contributed by atoms with van der Waals surface area (Å²) in [6.07, 6.45) is 2.72. The summed E-state index contributed by atoms with van der Waals surface area (Å²) in [7, 11) is 0. The molecule has 0 unspecified atom stereocenters. The van der Waals surface area contributed by atoms with Gasteiger partial charge in [0.15, 0.2) is 0 Å². The summed E-state index contributed by atoms with van der Waals surface area (Å²) in [4.78, 5) is 0. The number of rotatable bonds is 1. The van der Waals surface area contributed by atoms with Crippen molar-refractivity contribution >= 4 is 0 Å². The number of ether oxygens (including phenoxy) is 2. The Morgan fingerprint density at radius 2 is 2.00 bits per heavy atom. The summed E-state index contributed by atoms with van der Waals surface area (Å²) >= 11 is 0. The van der Waals surface area contributed by atoms with Crippen LogP contribution in [-0.4, -0.2) is 12.3 Å². The smallest absolute Gasteiger partial charge is 0.254 e. The summed E-state index contributed by atoms with van der Waals surface area (Å²) < 4.78 is 9.77. The molecule has 0 fully saturated rings. The Hall–Kier alpha value is -0.700.